The van der Waals surface area contributed by atoms with Crippen molar-refractivity contribution in [2.45, 2.75) is 19.8 Å². The largest absolute Gasteiger partial charge is 0.490 e. The lowest BCUT2D eigenvalue weighted by Gasteiger charge is -2.10. The van der Waals surface area contributed by atoms with Crippen molar-refractivity contribution in [2.24, 2.45) is 0 Å². The van der Waals surface area contributed by atoms with E-state index in [0.717, 1.165) is 24.0 Å². The second kappa shape index (κ2) is 6.00. The Morgan fingerprint density at radius 1 is 1.05 bits per heavy atom. The van der Waals surface area contributed by atoms with Crippen LogP contribution in [0.1, 0.15) is 34.8 Å². The van der Waals surface area contributed by atoms with E-state index < -0.39 is 0 Å². The molecule has 0 unspecified atom stereocenters. The average Bonchev–Trinajstić information content (AvgIpc) is 2.78. The molecule has 108 valence electrons. The molecule has 0 aliphatic carbocycles. The molecule has 0 spiro atoms. The van der Waals surface area contributed by atoms with Crippen LogP contribution < -0.4 is 9.47 Å². The summed E-state index contributed by atoms with van der Waals surface area (Å²) in [6.45, 7) is 3.33. The minimum Gasteiger partial charge on any atom is -0.490 e. The molecule has 1 heterocycles. The molecule has 3 rings (SSSR count). The van der Waals surface area contributed by atoms with Gasteiger partial charge in [0.2, 0.25) is 0 Å². The van der Waals surface area contributed by atoms with Crippen LogP contribution in [0.5, 0.6) is 11.5 Å². The first-order valence-corrected chi connectivity index (χ1v) is 7.32. The Morgan fingerprint density at radius 3 is 2.62 bits per heavy atom. The SMILES string of the molecule is CCc1ccccc1C(=O)c1ccc2c(c1)OCCCO2. The number of carbonyl (C=O) groups excluding carboxylic acids is 1. The van der Waals surface area contributed by atoms with Gasteiger partial charge in [0.15, 0.2) is 17.3 Å². The number of carbonyl (C=O) groups is 1. The highest BCUT2D eigenvalue weighted by Crippen LogP contribution is 2.31. The van der Waals surface area contributed by atoms with Gasteiger partial charge in [0.1, 0.15) is 0 Å². The third-order valence-electron chi connectivity index (χ3n) is 3.65. The predicted molar refractivity (Wildman–Crippen MR) is 81.3 cm³/mol. The molecule has 0 saturated heterocycles. The van der Waals surface area contributed by atoms with Gasteiger partial charge < -0.3 is 9.47 Å². The van der Waals surface area contributed by atoms with Gasteiger partial charge >= 0.3 is 0 Å². The van der Waals surface area contributed by atoms with Gasteiger partial charge in [-0.15, -0.1) is 0 Å². The zero-order valence-corrected chi connectivity index (χ0v) is 12.1. The predicted octanol–water partition coefficient (Wildman–Crippen LogP) is 3.64. The summed E-state index contributed by atoms with van der Waals surface area (Å²) < 4.78 is 11.3. The second-order valence-electron chi connectivity index (χ2n) is 5.05. The van der Waals surface area contributed by atoms with Crippen molar-refractivity contribution in [3.8, 4) is 11.5 Å². The lowest BCUT2D eigenvalue weighted by molar-refractivity contribution is 0.103. The Balaban J connectivity index is 1.97. The number of fused-ring (bicyclic) bond motifs is 1. The van der Waals surface area contributed by atoms with Gasteiger partial charge in [-0.25, -0.2) is 0 Å². The van der Waals surface area contributed by atoms with Gasteiger partial charge in [-0.2, -0.15) is 0 Å². The zero-order valence-electron chi connectivity index (χ0n) is 12.1. The van der Waals surface area contributed by atoms with Gasteiger partial charge in [0, 0.05) is 17.5 Å². The molecule has 0 radical (unpaired) electrons. The molecule has 0 amide bonds. The summed E-state index contributed by atoms with van der Waals surface area (Å²) in [7, 11) is 0. The number of ether oxygens (including phenoxy) is 2. The van der Waals surface area contributed by atoms with Gasteiger partial charge in [0.25, 0.3) is 0 Å². The van der Waals surface area contributed by atoms with E-state index in [1.807, 2.05) is 36.4 Å². The molecule has 0 bridgehead atoms. The third-order valence-corrected chi connectivity index (χ3v) is 3.65. The average molecular weight is 282 g/mol. The minimum atomic E-state index is 0.0306. The zero-order chi connectivity index (χ0) is 14.7. The fraction of sp³-hybridized carbons (Fsp3) is 0.278. The molecule has 0 N–H and O–H groups in total. The number of ketones is 1. The first kappa shape index (κ1) is 13.7. The van der Waals surface area contributed by atoms with E-state index >= 15 is 0 Å². The molecule has 21 heavy (non-hydrogen) atoms. The first-order chi connectivity index (χ1) is 10.3. The van der Waals surface area contributed by atoms with Crippen molar-refractivity contribution in [3.05, 3.63) is 59.2 Å². The smallest absolute Gasteiger partial charge is 0.193 e. The molecule has 0 fully saturated rings. The van der Waals surface area contributed by atoms with E-state index in [2.05, 4.69) is 6.92 Å². The number of hydrogen-bond acceptors (Lipinski definition) is 3. The Hall–Kier alpha value is -2.29. The minimum absolute atomic E-state index is 0.0306. The summed E-state index contributed by atoms with van der Waals surface area (Å²) in [6, 6.07) is 13.2. The summed E-state index contributed by atoms with van der Waals surface area (Å²) in [5, 5.41) is 0. The highest BCUT2D eigenvalue weighted by molar-refractivity contribution is 6.10. The lowest BCUT2D eigenvalue weighted by Crippen LogP contribution is -2.05. The van der Waals surface area contributed by atoms with Crippen molar-refractivity contribution in [2.75, 3.05) is 13.2 Å². The van der Waals surface area contributed by atoms with Crippen LogP contribution in [0.2, 0.25) is 0 Å². The van der Waals surface area contributed by atoms with E-state index in [4.69, 9.17) is 9.47 Å². The highest BCUT2D eigenvalue weighted by Gasteiger charge is 2.16. The van der Waals surface area contributed by atoms with Crippen molar-refractivity contribution in [1.82, 2.24) is 0 Å². The maximum Gasteiger partial charge on any atom is 0.193 e. The fourth-order valence-electron chi connectivity index (χ4n) is 2.51. The summed E-state index contributed by atoms with van der Waals surface area (Å²) in [5.74, 6) is 1.41. The van der Waals surface area contributed by atoms with Gasteiger partial charge in [-0.1, -0.05) is 31.2 Å². The van der Waals surface area contributed by atoms with Gasteiger partial charge in [-0.3, -0.25) is 4.79 Å². The van der Waals surface area contributed by atoms with Crippen LogP contribution >= 0.6 is 0 Å². The first-order valence-electron chi connectivity index (χ1n) is 7.32. The highest BCUT2D eigenvalue weighted by atomic mass is 16.5. The van der Waals surface area contributed by atoms with Crippen molar-refractivity contribution in [1.29, 1.82) is 0 Å². The Morgan fingerprint density at radius 2 is 1.81 bits per heavy atom. The van der Waals surface area contributed by atoms with Crippen LogP contribution in [0.4, 0.5) is 0 Å². The van der Waals surface area contributed by atoms with E-state index in [0.29, 0.717) is 30.3 Å². The van der Waals surface area contributed by atoms with Crippen LogP contribution in [0.3, 0.4) is 0 Å². The van der Waals surface area contributed by atoms with Crippen LogP contribution in [-0.4, -0.2) is 19.0 Å². The van der Waals surface area contributed by atoms with Crippen LogP contribution in [0.25, 0.3) is 0 Å². The quantitative estimate of drug-likeness (QED) is 0.806. The standard InChI is InChI=1S/C18H18O3/c1-2-13-6-3-4-7-15(13)18(19)14-8-9-16-17(12-14)21-11-5-10-20-16/h3-4,6-9,12H,2,5,10-11H2,1H3. The van der Waals surface area contributed by atoms with Crippen LogP contribution in [0, 0.1) is 0 Å². The topological polar surface area (TPSA) is 35.5 Å². The molecule has 0 saturated carbocycles. The molecule has 0 atom stereocenters. The van der Waals surface area contributed by atoms with E-state index in [1.165, 1.54) is 0 Å². The number of rotatable bonds is 3. The summed E-state index contributed by atoms with van der Waals surface area (Å²) >= 11 is 0. The lowest BCUT2D eigenvalue weighted by atomic mass is 9.97. The number of aryl methyl sites for hydroxylation is 1. The number of benzene rings is 2. The fourth-order valence-corrected chi connectivity index (χ4v) is 2.51. The van der Waals surface area contributed by atoms with Crippen molar-refractivity contribution in [3.63, 3.8) is 0 Å². The molecule has 2 aromatic rings. The Labute approximate surface area is 124 Å². The second-order valence-corrected chi connectivity index (χ2v) is 5.05. The monoisotopic (exact) mass is 282 g/mol. The normalized spacial score (nSPS) is 13.6. The maximum absolute atomic E-state index is 12.7. The number of hydrogen-bond donors (Lipinski definition) is 0. The molecule has 3 heteroatoms. The van der Waals surface area contributed by atoms with E-state index in [1.54, 1.807) is 6.07 Å². The van der Waals surface area contributed by atoms with Crippen LogP contribution in [0.15, 0.2) is 42.5 Å². The molecule has 1 aliphatic heterocycles. The molecule has 2 aromatic carbocycles. The molecule has 0 aromatic heterocycles. The summed E-state index contributed by atoms with van der Waals surface area (Å²) in [6.07, 6.45) is 1.70. The Kier molecular flexibility index (Phi) is 3.91. The van der Waals surface area contributed by atoms with Crippen molar-refractivity contribution >= 4 is 5.78 Å². The van der Waals surface area contributed by atoms with Crippen molar-refractivity contribution < 1.29 is 14.3 Å². The Bertz CT molecular complexity index is 661. The summed E-state index contributed by atoms with van der Waals surface area (Å²) in [4.78, 5) is 12.7. The van der Waals surface area contributed by atoms with Gasteiger partial charge in [0.05, 0.1) is 13.2 Å². The summed E-state index contributed by atoms with van der Waals surface area (Å²) in [5.41, 5.74) is 2.46. The molecule has 3 nitrogen and oxygen atoms in total. The maximum atomic E-state index is 12.7. The molecular formula is C18H18O3. The van der Waals surface area contributed by atoms with E-state index in [9.17, 15) is 4.79 Å². The van der Waals surface area contributed by atoms with Crippen LogP contribution in [-0.2, 0) is 6.42 Å². The molecular weight excluding hydrogens is 264 g/mol. The van der Waals surface area contributed by atoms with Gasteiger partial charge in [-0.05, 0) is 30.2 Å². The molecule has 1 aliphatic rings. The third kappa shape index (κ3) is 2.77. The van der Waals surface area contributed by atoms with E-state index in [-0.39, 0.29) is 5.78 Å².